The van der Waals surface area contributed by atoms with E-state index in [0.29, 0.717) is 19.3 Å². The van der Waals surface area contributed by atoms with Gasteiger partial charge in [-0.1, -0.05) is 274 Å². The van der Waals surface area contributed by atoms with Crippen LogP contribution >= 0.6 is 0 Å². The molecule has 78 heavy (non-hydrogen) atoms. The number of amides is 1. The third-order valence-electron chi connectivity index (χ3n) is 15.2. The van der Waals surface area contributed by atoms with E-state index in [4.69, 9.17) is 14.2 Å². The van der Waals surface area contributed by atoms with Gasteiger partial charge in [0.15, 0.2) is 12.4 Å². The Hall–Kier alpha value is -2.64. The van der Waals surface area contributed by atoms with Crippen molar-refractivity contribution in [1.29, 1.82) is 0 Å². The molecule has 1 saturated heterocycles. The van der Waals surface area contributed by atoms with Gasteiger partial charge < -0.3 is 45.1 Å². The number of carbonyl (C=O) groups is 2. The normalized spacial score (nSPS) is 19.3. The minimum atomic E-state index is -1.62. The highest BCUT2D eigenvalue weighted by Gasteiger charge is 2.47. The minimum Gasteiger partial charge on any atom is -0.454 e. The van der Waals surface area contributed by atoms with E-state index in [1.807, 2.05) is 6.08 Å². The molecular weight excluding hydrogens is 979 g/mol. The molecule has 0 spiro atoms. The summed E-state index contributed by atoms with van der Waals surface area (Å²) in [6.45, 7) is 5.77. The average Bonchev–Trinajstić information content (AvgIpc) is 3.45. The van der Waals surface area contributed by atoms with E-state index in [0.717, 1.165) is 103 Å². The summed E-state index contributed by atoms with van der Waals surface area (Å²) in [5.41, 5.74) is 0. The van der Waals surface area contributed by atoms with Crippen LogP contribution in [0.1, 0.15) is 290 Å². The summed E-state index contributed by atoms with van der Waals surface area (Å²) in [5.74, 6) is -1.20. The van der Waals surface area contributed by atoms with E-state index in [1.165, 1.54) is 141 Å². The van der Waals surface area contributed by atoms with E-state index in [1.54, 1.807) is 6.08 Å². The van der Waals surface area contributed by atoms with Crippen molar-refractivity contribution in [3.63, 3.8) is 0 Å². The molecule has 454 valence electrons. The quantitative estimate of drug-likeness (QED) is 0.0195. The highest BCUT2D eigenvalue weighted by Crippen LogP contribution is 2.26. The summed E-state index contributed by atoms with van der Waals surface area (Å²) in [6, 6.07) is -1.02. The van der Waals surface area contributed by atoms with Gasteiger partial charge >= 0.3 is 5.97 Å². The fraction of sp³-hybridized carbons (Fsp3) is 0.821. The first-order valence-electron chi connectivity index (χ1n) is 32.6. The molecule has 1 aliphatic heterocycles. The van der Waals surface area contributed by atoms with Gasteiger partial charge in [0.25, 0.3) is 0 Å². The lowest BCUT2D eigenvalue weighted by atomic mass is 9.99. The maximum atomic E-state index is 13.4. The lowest BCUT2D eigenvalue weighted by molar-refractivity contribution is -0.305. The summed E-state index contributed by atoms with van der Waals surface area (Å²) < 4.78 is 17.6. The summed E-state index contributed by atoms with van der Waals surface area (Å²) in [6.07, 6.45) is 58.2. The molecule has 0 radical (unpaired) electrons. The maximum Gasteiger partial charge on any atom is 0.306 e. The van der Waals surface area contributed by atoms with Crippen molar-refractivity contribution in [1.82, 2.24) is 5.32 Å². The molecule has 0 saturated carbocycles. The first kappa shape index (κ1) is 73.4. The number of rotatable bonds is 55. The van der Waals surface area contributed by atoms with Gasteiger partial charge in [-0.05, 0) is 70.6 Å². The molecule has 11 nitrogen and oxygen atoms in total. The van der Waals surface area contributed by atoms with Crippen LogP contribution in [-0.4, -0.2) is 99.6 Å². The molecule has 1 rings (SSSR count). The lowest BCUT2D eigenvalue weighted by Crippen LogP contribution is -2.61. The Balaban J connectivity index is 2.63. The first-order valence-corrected chi connectivity index (χ1v) is 32.6. The van der Waals surface area contributed by atoms with Gasteiger partial charge in [-0.3, -0.25) is 9.59 Å². The van der Waals surface area contributed by atoms with E-state index in [9.17, 15) is 35.1 Å². The number of allylic oxidation sites excluding steroid dienone is 9. The van der Waals surface area contributed by atoms with Crippen molar-refractivity contribution in [3.05, 3.63) is 60.8 Å². The standard InChI is InChI=1S/C67H121NO10/c1-4-7-10-13-16-19-22-25-27-28-29-30-31-32-33-34-35-37-40-43-46-49-52-55-62(72)78-65-64(74)63(73)61(56-69)77-67(65)76-57-58(59(70)53-50-47-44-41-38-24-21-18-15-12-9-6-3)68-66(75)60(71)54-51-48-45-42-39-36-26-23-20-17-14-11-8-5-2/h16,19,25,27,29-30,32-33,50,53,58-61,63-65,67,69-71,73-74H,4-15,17-18,20-24,26,28,31,34-49,51-52,54-57H2,1-3H3,(H,68,75)/b19-16-,27-25-,30-29-,33-32-,53-50+. The Kier molecular flexibility index (Phi) is 51.7. The Bertz CT molecular complexity index is 1500. The smallest absolute Gasteiger partial charge is 0.306 e. The number of hydrogen-bond donors (Lipinski definition) is 6. The van der Waals surface area contributed by atoms with Gasteiger partial charge in [0, 0.05) is 6.42 Å². The molecular formula is C67H121NO10. The van der Waals surface area contributed by atoms with Crippen LogP contribution in [0.4, 0.5) is 0 Å². The predicted molar refractivity (Wildman–Crippen MR) is 324 cm³/mol. The van der Waals surface area contributed by atoms with E-state index >= 15 is 0 Å². The van der Waals surface area contributed by atoms with Gasteiger partial charge in [0.1, 0.15) is 24.4 Å². The summed E-state index contributed by atoms with van der Waals surface area (Å²) in [7, 11) is 0. The molecule has 1 aliphatic rings. The van der Waals surface area contributed by atoms with Crippen LogP contribution in [0.3, 0.4) is 0 Å². The molecule has 1 heterocycles. The summed E-state index contributed by atoms with van der Waals surface area (Å²) >= 11 is 0. The molecule has 1 fully saturated rings. The number of carbonyl (C=O) groups excluding carboxylic acids is 2. The number of unbranched alkanes of at least 4 members (excludes halogenated alkanes) is 33. The van der Waals surface area contributed by atoms with Crippen LogP contribution in [0, 0.1) is 0 Å². The molecule has 0 aromatic rings. The van der Waals surface area contributed by atoms with Crippen molar-refractivity contribution in [2.24, 2.45) is 0 Å². The zero-order valence-corrected chi connectivity index (χ0v) is 50.3. The van der Waals surface area contributed by atoms with Gasteiger partial charge in [0.05, 0.1) is 25.4 Å². The van der Waals surface area contributed by atoms with Crippen molar-refractivity contribution < 1.29 is 49.3 Å². The van der Waals surface area contributed by atoms with Gasteiger partial charge in [-0.2, -0.15) is 0 Å². The highest BCUT2D eigenvalue weighted by atomic mass is 16.7. The number of nitrogens with one attached hydrogen (secondary N) is 1. The maximum absolute atomic E-state index is 13.4. The summed E-state index contributed by atoms with van der Waals surface area (Å²) in [5, 5.41) is 57.0. The van der Waals surface area contributed by atoms with Crippen LogP contribution in [0.25, 0.3) is 0 Å². The number of esters is 1. The second kappa shape index (κ2) is 54.9. The predicted octanol–water partition coefficient (Wildman–Crippen LogP) is 15.8. The number of aliphatic hydroxyl groups is 5. The van der Waals surface area contributed by atoms with Gasteiger partial charge in [-0.25, -0.2) is 0 Å². The fourth-order valence-corrected chi connectivity index (χ4v) is 9.99. The zero-order valence-electron chi connectivity index (χ0n) is 50.3. The van der Waals surface area contributed by atoms with Crippen molar-refractivity contribution in [3.8, 4) is 0 Å². The van der Waals surface area contributed by atoms with E-state index < -0.39 is 67.4 Å². The molecule has 0 aliphatic carbocycles. The number of hydrogen-bond acceptors (Lipinski definition) is 10. The van der Waals surface area contributed by atoms with E-state index in [-0.39, 0.29) is 13.0 Å². The van der Waals surface area contributed by atoms with E-state index in [2.05, 4.69) is 74.7 Å². The SMILES string of the molecule is CCCCC/C=C\C/C=C\C/C=C\C/C=C\CCCCCCCCCC(=O)OC1C(OCC(NC(=O)C(O)CCCCCCCCCCCCCCCC)C(O)/C=C/CCCCCCCCCCCC)OC(CO)C(O)C1O. The van der Waals surface area contributed by atoms with Gasteiger partial charge in [0.2, 0.25) is 5.91 Å². The largest absolute Gasteiger partial charge is 0.454 e. The second-order valence-corrected chi connectivity index (χ2v) is 22.5. The molecule has 0 bridgehead atoms. The zero-order chi connectivity index (χ0) is 56.8. The summed E-state index contributed by atoms with van der Waals surface area (Å²) in [4.78, 5) is 26.6. The number of ether oxygens (including phenoxy) is 3. The molecule has 8 unspecified atom stereocenters. The first-order chi connectivity index (χ1) is 38.2. The van der Waals surface area contributed by atoms with Crippen LogP contribution in [0.5, 0.6) is 0 Å². The monoisotopic (exact) mass is 1100 g/mol. The third-order valence-corrected chi connectivity index (χ3v) is 15.2. The van der Waals surface area contributed by atoms with Crippen molar-refractivity contribution in [2.75, 3.05) is 13.2 Å². The molecule has 0 aromatic heterocycles. The Labute approximate surface area is 478 Å². The lowest BCUT2D eigenvalue weighted by Gasteiger charge is -2.41. The molecule has 6 N–H and O–H groups in total. The minimum absolute atomic E-state index is 0.111. The van der Waals surface area contributed by atoms with Crippen LogP contribution in [0.2, 0.25) is 0 Å². The Morgan fingerprint density at radius 1 is 0.500 bits per heavy atom. The topological polar surface area (TPSA) is 175 Å². The molecule has 1 amide bonds. The fourth-order valence-electron chi connectivity index (χ4n) is 9.99. The van der Waals surface area contributed by atoms with Gasteiger partial charge in [-0.15, -0.1) is 0 Å². The van der Waals surface area contributed by atoms with Crippen LogP contribution < -0.4 is 5.32 Å². The van der Waals surface area contributed by atoms with Crippen LogP contribution in [0.15, 0.2) is 60.8 Å². The van der Waals surface area contributed by atoms with Crippen molar-refractivity contribution >= 4 is 11.9 Å². The Morgan fingerprint density at radius 2 is 0.885 bits per heavy atom. The van der Waals surface area contributed by atoms with Crippen LogP contribution in [-0.2, 0) is 23.8 Å². The number of aliphatic hydroxyl groups excluding tert-OH is 5. The Morgan fingerprint density at radius 3 is 1.35 bits per heavy atom. The molecule has 8 atom stereocenters. The third kappa shape index (κ3) is 42.2. The van der Waals surface area contributed by atoms with Crippen molar-refractivity contribution in [2.45, 2.75) is 339 Å². The highest BCUT2D eigenvalue weighted by molar-refractivity contribution is 5.80. The second-order valence-electron chi connectivity index (χ2n) is 22.5. The molecule has 11 heteroatoms. The molecule has 0 aromatic carbocycles. The average molecular weight is 1100 g/mol.